The molecule has 2 rings (SSSR count). The minimum absolute atomic E-state index is 0.703. The van der Waals surface area contributed by atoms with Crippen molar-refractivity contribution < 1.29 is 0 Å². The Balaban J connectivity index is 1.96. The molecule has 1 heterocycles. The number of aryl methyl sites for hydroxylation is 1. The number of hydrogen-bond donors (Lipinski definition) is 1. The topological polar surface area (TPSA) is 28.2 Å². The fraction of sp³-hybridized carbons (Fsp3) is 0.200. The van der Waals surface area contributed by atoms with Gasteiger partial charge in [0.1, 0.15) is 0 Å². The van der Waals surface area contributed by atoms with Crippen molar-refractivity contribution in [2.45, 2.75) is 13.5 Å². The molecule has 1 aromatic heterocycles. The smallest absolute Gasteiger partial charge is 0.173 e. The number of pyridine rings is 1. The predicted octanol–water partition coefficient (Wildman–Crippen LogP) is 3.22. The minimum Gasteiger partial charge on any atom is -0.348 e. The molecule has 0 fully saturated rings. The molecule has 0 bridgehead atoms. The molecule has 0 radical (unpaired) electrons. The first-order chi connectivity index (χ1) is 9.15. The van der Waals surface area contributed by atoms with Crippen LogP contribution in [-0.4, -0.2) is 22.0 Å². The number of thiocarbonyl (C=S) groups is 1. The molecule has 1 N–H and O–H groups in total. The predicted molar refractivity (Wildman–Crippen MR) is 83.1 cm³/mol. The van der Waals surface area contributed by atoms with E-state index < -0.39 is 0 Å². The molecule has 0 aliphatic heterocycles. The van der Waals surface area contributed by atoms with Crippen molar-refractivity contribution in [3.63, 3.8) is 0 Å². The van der Waals surface area contributed by atoms with E-state index in [1.165, 1.54) is 5.56 Å². The molecule has 0 saturated carbocycles. The quantitative estimate of drug-likeness (QED) is 0.868. The average molecular weight is 271 g/mol. The molecule has 4 heteroatoms. The molecule has 0 amide bonds. The zero-order valence-corrected chi connectivity index (χ0v) is 11.9. The third kappa shape index (κ3) is 4.03. The van der Waals surface area contributed by atoms with E-state index in [0.29, 0.717) is 5.11 Å². The third-order valence-electron chi connectivity index (χ3n) is 2.76. The van der Waals surface area contributed by atoms with Crippen LogP contribution in [0.3, 0.4) is 0 Å². The van der Waals surface area contributed by atoms with Crippen LogP contribution < -0.4 is 5.32 Å². The number of anilines is 1. The SMILES string of the molecule is Cc1cccc(NC(=S)N(C)Cc2cccnc2)c1. The largest absolute Gasteiger partial charge is 0.348 e. The number of aromatic nitrogens is 1. The number of rotatable bonds is 3. The molecule has 98 valence electrons. The first-order valence-corrected chi connectivity index (χ1v) is 6.53. The number of hydrogen-bond acceptors (Lipinski definition) is 2. The van der Waals surface area contributed by atoms with Crippen molar-refractivity contribution in [2.24, 2.45) is 0 Å². The van der Waals surface area contributed by atoms with Crippen molar-refractivity contribution >= 4 is 23.0 Å². The Bertz CT molecular complexity index is 554. The summed E-state index contributed by atoms with van der Waals surface area (Å²) in [5.74, 6) is 0. The number of nitrogens with one attached hydrogen (secondary N) is 1. The highest BCUT2D eigenvalue weighted by Crippen LogP contribution is 2.11. The number of nitrogens with zero attached hydrogens (tertiary/aromatic N) is 2. The van der Waals surface area contributed by atoms with Gasteiger partial charge >= 0.3 is 0 Å². The summed E-state index contributed by atoms with van der Waals surface area (Å²) in [6.07, 6.45) is 3.62. The van der Waals surface area contributed by atoms with Crippen LogP contribution in [0.15, 0.2) is 48.8 Å². The van der Waals surface area contributed by atoms with Crippen molar-refractivity contribution in [1.82, 2.24) is 9.88 Å². The maximum absolute atomic E-state index is 5.40. The second-order valence-electron chi connectivity index (χ2n) is 4.52. The summed E-state index contributed by atoms with van der Waals surface area (Å²) in [6, 6.07) is 12.1. The highest BCUT2D eigenvalue weighted by atomic mass is 32.1. The van der Waals surface area contributed by atoms with Crippen LogP contribution in [0.1, 0.15) is 11.1 Å². The fourth-order valence-corrected chi connectivity index (χ4v) is 1.96. The first kappa shape index (κ1) is 13.5. The number of benzene rings is 1. The van der Waals surface area contributed by atoms with Crippen LogP contribution in [0.5, 0.6) is 0 Å². The maximum atomic E-state index is 5.40. The lowest BCUT2D eigenvalue weighted by Gasteiger charge is -2.21. The van der Waals surface area contributed by atoms with Crippen LogP contribution in [0.4, 0.5) is 5.69 Å². The van der Waals surface area contributed by atoms with Gasteiger partial charge in [-0.05, 0) is 48.5 Å². The van der Waals surface area contributed by atoms with Crippen molar-refractivity contribution in [1.29, 1.82) is 0 Å². The van der Waals surface area contributed by atoms with E-state index in [1.54, 1.807) is 6.20 Å². The first-order valence-electron chi connectivity index (χ1n) is 6.13. The third-order valence-corrected chi connectivity index (χ3v) is 3.17. The van der Waals surface area contributed by atoms with Gasteiger partial charge in [0.15, 0.2) is 5.11 Å². The van der Waals surface area contributed by atoms with Gasteiger partial charge in [0.2, 0.25) is 0 Å². The Kier molecular flexibility index (Phi) is 4.47. The van der Waals surface area contributed by atoms with Crippen molar-refractivity contribution in [3.8, 4) is 0 Å². The summed E-state index contributed by atoms with van der Waals surface area (Å²) < 4.78 is 0. The zero-order chi connectivity index (χ0) is 13.7. The van der Waals surface area contributed by atoms with Gasteiger partial charge in [-0.2, -0.15) is 0 Å². The van der Waals surface area contributed by atoms with Gasteiger partial charge in [-0.1, -0.05) is 18.2 Å². The summed E-state index contributed by atoms with van der Waals surface area (Å²) >= 11 is 5.40. The van der Waals surface area contributed by atoms with Gasteiger partial charge in [-0.25, -0.2) is 0 Å². The second kappa shape index (κ2) is 6.29. The normalized spacial score (nSPS) is 10.0. The minimum atomic E-state index is 0.703. The highest BCUT2D eigenvalue weighted by Gasteiger charge is 2.05. The lowest BCUT2D eigenvalue weighted by atomic mass is 10.2. The molecule has 0 unspecified atom stereocenters. The summed E-state index contributed by atoms with van der Waals surface area (Å²) in [5, 5.41) is 3.94. The Morgan fingerprint density at radius 1 is 1.32 bits per heavy atom. The van der Waals surface area contributed by atoms with Crippen molar-refractivity contribution in [2.75, 3.05) is 12.4 Å². The van der Waals surface area contributed by atoms with E-state index in [4.69, 9.17) is 12.2 Å². The molecule has 3 nitrogen and oxygen atoms in total. The van der Waals surface area contributed by atoms with Crippen LogP contribution in [0, 0.1) is 6.92 Å². The molecule has 0 saturated heterocycles. The molecule has 0 aliphatic rings. The van der Waals surface area contributed by atoms with E-state index in [0.717, 1.165) is 17.8 Å². The van der Waals surface area contributed by atoms with E-state index in [1.807, 2.05) is 42.4 Å². The molecule has 0 aliphatic carbocycles. The maximum Gasteiger partial charge on any atom is 0.173 e. The molecule has 0 atom stereocenters. The van der Waals surface area contributed by atoms with E-state index in [2.05, 4.69) is 29.4 Å². The van der Waals surface area contributed by atoms with Crippen LogP contribution in [0.25, 0.3) is 0 Å². The van der Waals surface area contributed by atoms with Gasteiger partial charge in [0.05, 0.1) is 0 Å². The molecular weight excluding hydrogens is 254 g/mol. The molecule has 2 aromatic rings. The molecular formula is C15H17N3S. The van der Waals surface area contributed by atoms with Crippen molar-refractivity contribution in [3.05, 3.63) is 59.9 Å². The lowest BCUT2D eigenvalue weighted by molar-refractivity contribution is 0.507. The summed E-state index contributed by atoms with van der Waals surface area (Å²) in [4.78, 5) is 6.10. The Morgan fingerprint density at radius 2 is 2.16 bits per heavy atom. The summed E-state index contributed by atoms with van der Waals surface area (Å²) in [6.45, 7) is 2.80. The fourth-order valence-electron chi connectivity index (χ4n) is 1.78. The Labute approximate surface area is 119 Å². The standard InChI is InChI=1S/C15H17N3S/c1-12-5-3-7-14(9-12)17-15(19)18(2)11-13-6-4-8-16-10-13/h3-10H,11H2,1-2H3,(H,17,19). The molecule has 19 heavy (non-hydrogen) atoms. The molecule has 0 spiro atoms. The summed E-state index contributed by atoms with van der Waals surface area (Å²) in [7, 11) is 1.97. The molecule has 1 aromatic carbocycles. The van der Waals surface area contributed by atoms with Crippen LogP contribution >= 0.6 is 12.2 Å². The average Bonchev–Trinajstić information content (AvgIpc) is 2.40. The van der Waals surface area contributed by atoms with Gasteiger partial charge in [-0.15, -0.1) is 0 Å². The summed E-state index contributed by atoms with van der Waals surface area (Å²) in [5.41, 5.74) is 3.36. The van der Waals surface area contributed by atoms with Gasteiger partial charge in [0.25, 0.3) is 0 Å². The van der Waals surface area contributed by atoms with E-state index in [-0.39, 0.29) is 0 Å². The van der Waals surface area contributed by atoms with E-state index in [9.17, 15) is 0 Å². The Hall–Kier alpha value is -1.94. The Morgan fingerprint density at radius 3 is 2.84 bits per heavy atom. The van der Waals surface area contributed by atoms with Gasteiger partial charge < -0.3 is 10.2 Å². The van der Waals surface area contributed by atoms with Crippen LogP contribution in [-0.2, 0) is 6.54 Å². The van der Waals surface area contributed by atoms with Crippen LogP contribution in [0.2, 0.25) is 0 Å². The monoisotopic (exact) mass is 271 g/mol. The van der Waals surface area contributed by atoms with Gasteiger partial charge in [-0.3, -0.25) is 4.98 Å². The van der Waals surface area contributed by atoms with E-state index >= 15 is 0 Å². The lowest BCUT2D eigenvalue weighted by Crippen LogP contribution is -2.30. The highest BCUT2D eigenvalue weighted by molar-refractivity contribution is 7.80. The zero-order valence-electron chi connectivity index (χ0n) is 11.1. The second-order valence-corrected chi connectivity index (χ2v) is 4.90. The van der Waals surface area contributed by atoms with Gasteiger partial charge in [0, 0.05) is 31.7 Å².